The lowest BCUT2D eigenvalue weighted by molar-refractivity contribution is -0.130. The second-order valence-electron chi connectivity index (χ2n) is 9.01. The molecule has 1 atom stereocenters. The van der Waals surface area contributed by atoms with Crippen LogP contribution in [0.3, 0.4) is 0 Å². The number of likely N-dealkylation sites (tertiary alicyclic amines) is 1. The van der Waals surface area contributed by atoms with Crippen LogP contribution in [0, 0.1) is 6.92 Å². The number of aromatic amines is 1. The van der Waals surface area contributed by atoms with E-state index in [2.05, 4.69) is 45.8 Å². The summed E-state index contributed by atoms with van der Waals surface area (Å²) in [5.74, 6) is 1.95. The van der Waals surface area contributed by atoms with E-state index in [9.17, 15) is 4.79 Å². The molecule has 6 heteroatoms. The second kappa shape index (κ2) is 8.87. The molecular formula is C25H32N4O2. The summed E-state index contributed by atoms with van der Waals surface area (Å²) in [5.41, 5.74) is 3.68. The van der Waals surface area contributed by atoms with Crippen molar-refractivity contribution in [3.63, 3.8) is 0 Å². The van der Waals surface area contributed by atoms with Gasteiger partial charge < -0.3 is 19.2 Å². The van der Waals surface area contributed by atoms with E-state index < -0.39 is 0 Å². The van der Waals surface area contributed by atoms with Crippen LogP contribution < -0.4 is 0 Å². The summed E-state index contributed by atoms with van der Waals surface area (Å²) in [6, 6.07) is 8.71. The van der Waals surface area contributed by atoms with Crippen molar-refractivity contribution in [3.05, 3.63) is 53.7 Å². The summed E-state index contributed by atoms with van der Waals surface area (Å²) in [7, 11) is 0. The molecule has 1 N–H and O–H groups in total. The standard InChI is InChI=1S/C25H32N4O2/c1-18-15-27-25(19-10-13-31-14-11-19)29(18)21-9-12-28(17-21)24(30)8-4-5-20-16-26-23-7-3-2-6-22(20)23/h2-3,6-7,15-16,19,21,26H,4-5,8-14,17H2,1H3. The number of amides is 1. The van der Waals surface area contributed by atoms with Gasteiger partial charge in [0.15, 0.2) is 0 Å². The number of benzene rings is 1. The number of H-pyrrole nitrogens is 1. The quantitative estimate of drug-likeness (QED) is 0.644. The number of hydrogen-bond donors (Lipinski definition) is 1. The minimum Gasteiger partial charge on any atom is -0.381 e. The number of imidazole rings is 1. The predicted molar refractivity (Wildman–Crippen MR) is 121 cm³/mol. The van der Waals surface area contributed by atoms with Crippen molar-refractivity contribution in [2.75, 3.05) is 26.3 Å². The number of carbonyl (C=O) groups excluding carboxylic acids is 1. The van der Waals surface area contributed by atoms with Gasteiger partial charge in [0.25, 0.3) is 0 Å². The zero-order valence-electron chi connectivity index (χ0n) is 18.3. The van der Waals surface area contributed by atoms with Crippen LogP contribution in [0.2, 0.25) is 0 Å². The summed E-state index contributed by atoms with van der Waals surface area (Å²) in [4.78, 5) is 23.0. The molecule has 164 valence electrons. The normalized spacial score (nSPS) is 20.0. The molecule has 2 aliphatic rings. The van der Waals surface area contributed by atoms with E-state index in [-0.39, 0.29) is 5.91 Å². The van der Waals surface area contributed by atoms with Crippen LogP contribution in [0.1, 0.15) is 61.1 Å². The first-order valence-corrected chi connectivity index (χ1v) is 11.6. The highest BCUT2D eigenvalue weighted by Gasteiger charge is 2.31. The minimum atomic E-state index is 0.285. The fraction of sp³-hybridized carbons (Fsp3) is 0.520. The van der Waals surface area contributed by atoms with Gasteiger partial charge in [0.05, 0.1) is 6.04 Å². The summed E-state index contributed by atoms with van der Waals surface area (Å²) in [5, 5.41) is 1.27. The van der Waals surface area contributed by atoms with Crippen LogP contribution in [-0.2, 0) is 16.0 Å². The molecule has 0 saturated carbocycles. The predicted octanol–water partition coefficient (Wildman–Crippen LogP) is 4.36. The Balaban J connectivity index is 1.18. The Morgan fingerprint density at radius 1 is 1.23 bits per heavy atom. The molecular weight excluding hydrogens is 388 g/mol. The molecule has 2 fully saturated rings. The van der Waals surface area contributed by atoms with Crippen molar-refractivity contribution in [3.8, 4) is 0 Å². The van der Waals surface area contributed by atoms with E-state index in [1.165, 1.54) is 28.0 Å². The van der Waals surface area contributed by atoms with Crippen molar-refractivity contribution in [2.24, 2.45) is 0 Å². The van der Waals surface area contributed by atoms with Crippen LogP contribution >= 0.6 is 0 Å². The van der Waals surface area contributed by atoms with E-state index in [0.717, 1.165) is 58.4 Å². The van der Waals surface area contributed by atoms with Crippen LogP contribution in [0.4, 0.5) is 0 Å². The van der Waals surface area contributed by atoms with Crippen molar-refractivity contribution < 1.29 is 9.53 Å². The average molecular weight is 421 g/mol. The van der Waals surface area contributed by atoms with Crippen molar-refractivity contribution in [2.45, 2.75) is 57.4 Å². The van der Waals surface area contributed by atoms with E-state index in [4.69, 9.17) is 9.72 Å². The third-order valence-corrected chi connectivity index (χ3v) is 6.99. The first-order chi connectivity index (χ1) is 15.2. The van der Waals surface area contributed by atoms with Gasteiger partial charge in [-0.25, -0.2) is 4.98 Å². The fourth-order valence-electron chi connectivity index (χ4n) is 5.30. The number of para-hydroxylation sites is 1. The summed E-state index contributed by atoms with van der Waals surface area (Å²) < 4.78 is 7.95. The molecule has 4 heterocycles. The Bertz CT molecular complexity index is 1050. The van der Waals surface area contributed by atoms with Crippen molar-refractivity contribution in [1.29, 1.82) is 0 Å². The molecule has 2 saturated heterocycles. The topological polar surface area (TPSA) is 63.1 Å². The smallest absolute Gasteiger partial charge is 0.222 e. The van der Waals surface area contributed by atoms with Gasteiger partial charge in [0, 0.05) is 67.6 Å². The number of hydrogen-bond acceptors (Lipinski definition) is 3. The van der Waals surface area contributed by atoms with Gasteiger partial charge in [-0.1, -0.05) is 18.2 Å². The lowest BCUT2D eigenvalue weighted by atomic mass is 9.99. The van der Waals surface area contributed by atoms with Gasteiger partial charge in [-0.05, 0) is 50.7 Å². The Morgan fingerprint density at radius 3 is 2.94 bits per heavy atom. The van der Waals surface area contributed by atoms with Crippen molar-refractivity contribution >= 4 is 16.8 Å². The molecule has 5 rings (SSSR count). The van der Waals surface area contributed by atoms with Gasteiger partial charge in [-0.3, -0.25) is 4.79 Å². The second-order valence-corrected chi connectivity index (χ2v) is 9.01. The Labute approximate surface area is 183 Å². The molecule has 2 aromatic heterocycles. The molecule has 6 nitrogen and oxygen atoms in total. The van der Waals surface area contributed by atoms with Crippen LogP contribution in [0.25, 0.3) is 10.9 Å². The first-order valence-electron chi connectivity index (χ1n) is 11.6. The maximum Gasteiger partial charge on any atom is 0.222 e. The first kappa shape index (κ1) is 20.3. The van der Waals surface area contributed by atoms with Gasteiger partial charge >= 0.3 is 0 Å². The van der Waals surface area contributed by atoms with E-state index >= 15 is 0 Å². The molecule has 1 aromatic carbocycles. The molecule has 31 heavy (non-hydrogen) atoms. The Hall–Kier alpha value is -2.60. The van der Waals surface area contributed by atoms with Crippen LogP contribution in [0.15, 0.2) is 36.7 Å². The summed E-state index contributed by atoms with van der Waals surface area (Å²) in [6.07, 6.45) is 9.61. The molecule has 2 aliphatic heterocycles. The molecule has 0 aliphatic carbocycles. The summed E-state index contributed by atoms with van der Waals surface area (Å²) >= 11 is 0. The number of aryl methyl sites for hydroxylation is 2. The van der Waals surface area contributed by atoms with Crippen LogP contribution in [0.5, 0.6) is 0 Å². The van der Waals surface area contributed by atoms with Gasteiger partial charge in [0.2, 0.25) is 5.91 Å². The van der Waals surface area contributed by atoms with Gasteiger partial charge in [-0.2, -0.15) is 0 Å². The highest BCUT2D eigenvalue weighted by molar-refractivity contribution is 5.83. The zero-order chi connectivity index (χ0) is 21.2. The van der Waals surface area contributed by atoms with Crippen molar-refractivity contribution in [1.82, 2.24) is 19.4 Å². The number of carbonyl (C=O) groups is 1. The largest absolute Gasteiger partial charge is 0.381 e. The van der Waals surface area contributed by atoms with E-state index in [1.54, 1.807) is 0 Å². The Kier molecular flexibility index (Phi) is 5.81. The lowest BCUT2D eigenvalue weighted by Crippen LogP contribution is -2.29. The highest BCUT2D eigenvalue weighted by atomic mass is 16.5. The number of nitrogens with zero attached hydrogens (tertiary/aromatic N) is 3. The zero-order valence-corrected chi connectivity index (χ0v) is 18.3. The number of ether oxygens (including phenoxy) is 1. The highest BCUT2D eigenvalue weighted by Crippen LogP contribution is 2.32. The molecule has 0 spiro atoms. The molecule has 1 amide bonds. The number of aromatic nitrogens is 3. The number of rotatable bonds is 6. The van der Waals surface area contributed by atoms with Crippen LogP contribution in [-0.4, -0.2) is 51.6 Å². The monoisotopic (exact) mass is 420 g/mol. The lowest BCUT2D eigenvalue weighted by Gasteiger charge is -2.26. The van der Waals surface area contributed by atoms with E-state index in [1.807, 2.05) is 12.3 Å². The van der Waals surface area contributed by atoms with E-state index in [0.29, 0.717) is 18.4 Å². The number of fused-ring (bicyclic) bond motifs is 1. The third-order valence-electron chi connectivity index (χ3n) is 6.99. The fourth-order valence-corrected chi connectivity index (χ4v) is 5.30. The van der Waals surface area contributed by atoms with Gasteiger partial charge in [-0.15, -0.1) is 0 Å². The maximum absolute atomic E-state index is 12.9. The molecule has 1 unspecified atom stereocenters. The summed E-state index contributed by atoms with van der Waals surface area (Å²) in [6.45, 7) is 5.44. The molecule has 0 radical (unpaired) electrons. The number of nitrogens with one attached hydrogen (secondary N) is 1. The third kappa shape index (κ3) is 4.13. The van der Waals surface area contributed by atoms with Gasteiger partial charge in [0.1, 0.15) is 5.82 Å². The molecule has 3 aromatic rings. The SMILES string of the molecule is Cc1cnc(C2CCOCC2)n1C1CCN(C(=O)CCCc2c[nH]c3ccccc23)C1. The Morgan fingerprint density at radius 2 is 2.06 bits per heavy atom. The maximum atomic E-state index is 12.9. The minimum absolute atomic E-state index is 0.285. The average Bonchev–Trinajstić information content (AvgIpc) is 3.53. The molecule has 0 bridgehead atoms.